The summed E-state index contributed by atoms with van der Waals surface area (Å²) in [6.45, 7) is 2.74. The zero-order valence-corrected chi connectivity index (χ0v) is 8.80. The van der Waals surface area contributed by atoms with Gasteiger partial charge in [0.25, 0.3) is 5.78 Å². The summed E-state index contributed by atoms with van der Waals surface area (Å²) in [5.41, 5.74) is 5.74. The van der Waals surface area contributed by atoms with E-state index in [4.69, 9.17) is 5.73 Å². The predicted molar refractivity (Wildman–Crippen MR) is 57.5 cm³/mol. The van der Waals surface area contributed by atoms with E-state index >= 15 is 0 Å². The minimum absolute atomic E-state index is 0.272. The number of aromatic nitrogens is 4. The van der Waals surface area contributed by atoms with Gasteiger partial charge in [-0.15, -0.1) is 10.2 Å². The molecule has 1 atom stereocenters. The van der Waals surface area contributed by atoms with Crippen molar-refractivity contribution in [1.29, 1.82) is 0 Å². The number of nitrogens with zero attached hydrogens (tertiary/aromatic N) is 4. The average Bonchev–Trinajstić information content (AvgIpc) is 2.70. The summed E-state index contributed by atoms with van der Waals surface area (Å²) in [7, 11) is 0. The zero-order chi connectivity index (χ0) is 10.7. The average molecular weight is 205 g/mol. The lowest BCUT2D eigenvalue weighted by Gasteiger charge is -2.10. The lowest BCUT2D eigenvalue weighted by molar-refractivity contribution is 0.583. The molecule has 1 unspecified atom stereocenters. The van der Waals surface area contributed by atoms with Crippen LogP contribution in [0.2, 0.25) is 0 Å². The highest BCUT2D eigenvalue weighted by molar-refractivity contribution is 5.27. The first kappa shape index (κ1) is 10.0. The molecule has 2 aromatic heterocycles. The van der Waals surface area contributed by atoms with Gasteiger partial charge in [0.2, 0.25) is 0 Å². The fourth-order valence-electron chi connectivity index (χ4n) is 1.74. The van der Waals surface area contributed by atoms with Crippen molar-refractivity contribution >= 4 is 5.78 Å². The maximum absolute atomic E-state index is 5.74. The number of hydrogen-bond donors (Lipinski definition) is 1. The summed E-state index contributed by atoms with van der Waals surface area (Å²) in [6, 6.07) is 1.87. The molecule has 0 amide bonds. The zero-order valence-electron chi connectivity index (χ0n) is 8.80. The van der Waals surface area contributed by atoms with Gasteiger partial charge in [-0.25, -0.2) is 4.98 Å². The molecule has 0 aliphatic rings. The second kappa shape index (κ2) is 4.35. The smallest absolute Gasteiger partial charge is 0.254 e. The van der Waals surface area contributed by atoms with Crippen LogP contribution in [0.1, 0.15) is 31.5 Å². The molecule has 5 heteroatoms. The molecule has 2 aromatic rings. The maximum Gasteiger partial charge on any atom is 0.254 e. The molecule has 2 heterocycles. The standard InChI is InChI=1S/C10H15N5/c1-2-4-8(7-11)9-13-14-10-12-5-3-6-15(9)10/h3,5-6,8H,2,4,7,11H2,1H3. The first-order valence-electron chi connectivity index (χ1n) is 5.22. The van der Waals surface area contributed by atoms with Crippen LogP contribution < -0.4 is 5.73 Å². The van der Waals surface area contributed by atoms with E-state index in [9.17, 15) is 0 Å². The van der Waals surface area contributed by atoms with Crippen molar-refractivity contribution in [2.45, 2.75) is 25.7 Å². The summed E-state index contributed by atoms with van der Waals surface area (Å²) in [5, 5.41) is 8.17. The van der Waals surface area contributed by atoms with Gasteiger partial charge in [0.15, 0.2) is 0 Å². The van der Waals surface area contributed by atoms with Crippen molar-refractivity contribution in [3.05, 3.63) is 24.3 Å². The third kappa shape index (κ3) is 1.83. The van der Waals surface area contributed by atoms with Crippen LogP contribution in [0.25, 0.3) is 5.78 Å². The Hall–Kier alpha value is -1.49. The highest BCUT2D eigenvalue weighted by Gasteiger charge is 2.15. The van der Waals surface area contributed by atoms with E-state index in [1.807, 2.05) is 16.7 Å². The van der Waals surface area contributed by atoms with E-state index in [0.29, 0.717) is 12.3 Å². The first-order valence-corrected chi connectivity index (χ1v) is 5.22. The van der Waals surface area contributed by atoms with Gasteiger partial charge < -0.3 is 5.73 Å². The molecule has 0 bridgehead atoms. The number of rotatable bonds is 4. The topological polar surface area (TPSA) is 69.1 Å². The summed E-state index contributed by atoms with van der Waals surface area (Å²) < 4.78 is 1.91. The van der Waals surface area contributed by atoms with Gasteiger partial charge in [-0.3, -0.25) is 4.40 Å². The highest BCUT2D eigenvalue weighted by Crippen LogP contribution is 2.17. The molecule has 2 N–H and O–H groups in total. The van der Waals surface area contributed by atoms with Crippen LogP contribution in [-0.4, -0.2) is 26.1 Å². The molecule has 5 nitrogen and oxygen atoms in total. The van der Waals surface area contributed by atoms with Gasteiger partial charge in [0.1, 0.15) is 5.82 Å². The predicted octanol–water partition coefficient (Wildman–Crippen LogP) is 0.967. The third-order valence-electron chi connectivity index (χ3n) is 2.50. The number of hydrogen-bond acceptors (Lipinski definition) is 4. The number of nitrogens with two attached hydrogens (primary N) is 1. The second-order valence-electron chi connectivity index (χ2n) is 3.57. The van der Waals surface area contributed by atoms with Crippen molar-refractivity contribution < 1.29 is 0 Å². The molecular formula is C10H15N5. The lowest BCUT2D eigenvalue weighted by Crippen LogP contribution is -2.15. The summed E-state index contributed by atoms with van der Waals surface area (Å²) in [6.07, 6.45) is 5.77. The maximum atomic E-state index is 5.74. The van der Waals surface area contributed by atoms with Crippen LogP contribution in [0.15, 0.2) is 18.5 Å². The van der Waals surface area contributed by atoms with Crippen molar-refractivity contribution in [2.24, 2.45) is 5.73 Å². The molecule has 15 heavy (non-hydrogen) atoms. The van der Waals surface area contributed by atoms with Gasteiger partial charge >= 0.3 is 0 Å². The molecule has 0 spiro atoms. The van der Waals surface area contributed by atoms with E-state index in [1.54, 1.807) is 6.20 Å². The molecule has 0 fully saturated rings. The first-order chi connectivity index (χ1) is 7.36. The Morgan fingerprint density at radius 2 is 2.33 bits per heavy atom. The minimum Gasteiger partial charge on any atom is -0.330 e. The summed E-state index contributed by atoms with van der Waals surface area (Å²) in [5.74, 6) is 1.83. The van der Waals surface area contributed by atoms with Gasteiger partial charge in [0, 0.05) is 24.9 Å². The van der Waals surface area contributed by atoms with Crippen molar-refractivity contribution in [2.75, 3.05) is 6.54 Å². The molecule has 0 saturated heterocycles. The monoisotopic (exact) mass is 205 g/mol. The van der Waals surface area contributed by atoms with Crippen molar-refractivity contribution in [3.63, 3.8) is 0 Å². The van der Waals surface area contributed by atoms with Gasteiger partial charge in [0.05, 0.1) is 0 Å². The summed E-state index contributed by atoms with van der Waals surface area (Å²) in [4.78, 5) is 4.13. The van der Waals surface area contributed by atoms with Gasteiger partial charge in [-0.1, -0.05) is 13.3 Å². The lowest BCUT2D eigenvalue weighted by atomic mass is 10.0. The summed E-state index contributed by atoms with van der Waals surface area (Å²) >= 11 is 0. The Kier molecular flexibility index (Phi) is 2.91. The van der Waals surface area contributed by atoms with Gasteiger partial charge in [-0.05, 0) is 12.5 Å². The van der Waals surface area contributed by atoms with E-state index in [2.05, 4.69) is 22.1 Å². The largest absolute Gasteiger partial charge is 0.330 e. The van der Waals surface area contributed by atoms with Crippen LogP contribution in [-0.2, 0) is 0 Å². The Balaban J connectivity index is 2.41. The third-order valence-corrected chi connectivity index (χ3v) is 2.50. The van der Waals surface area contributed by atoms with Crippen LogP contribution >= 0.6 is 0 Å². The second-order valence-corrected chi connectivity index (χ2v) is 3.57. The molecule has 0 aliphatic carbocycles. The quantitative estimate of drug-likeness (QED) is 0.807. The molecule has 2 rings (SSSR count). The van der Waals surface area contributed by atoms with E-state index in [-0.39, 0.29) is 5.92 Å². The molecule has 0 saturated carbocycles. The van der Waals surface area contributed by atoms with Crippen LogP contribution in [0.3, 0.4) is 0 Å². The van der Waals surface area contributed by atoms with Crippen molar-refractivity contribution in [1.82, 2.24) is 19.6 Å². The minimum atomic E-state index is 0.272. The van der Waals surface area contributed by atoms with E-state index < -0.39 is 0 Å². The molecule has 0 aromatic carbocycles. The van der Waals surface area contributed by atoms with Gasteiger partial charge in [-0.2, -0.15) is 0 Å². The fourth-order valence-corrected chi connectivity index (χ4v) is 1.74. The molecule has 0 radical (unpaired) electrons. The van der Waals surface area contributed by atoms with Crippen LogP contribution in [0.5, 0.6) is 0 Å². The van der Waals surface area contributed by atoms with Crippen molar-refractivity contribution in [3.8, 4) is 0 Å². The van der Waals surface area contributed by atoms with E-state index in [1.165, 1.54) is 0 Å². The normalized spacial score (nSPS) is 13.2. The van der Waals surface area contributed by atoms with E-state index in [0.717, 1.165) is 18.7 Å². The molecular weight excluding hydrogens is 190 g/mol. The van der Waals surface area contributed by atoms with Crippen LogP contribution in [0, 0.1) is 0 Å². The fraction of sp³-hybridized carbons (Fsp3) is 0.500. The highest BCUT2D eigenvalue weighted by atomic mass is 15.3. The number of fused-ring (bicyclic) bond motifs is 1. The Bertz CT molecular complexity index is 436. The SMILES string of the molecule is CCCC(CN)c1nnc2ncccn12. The Morgan fingerprint density at radius 3 is 3.07 bits per heavy atom. The Labute approximate surface area is 88.3 Å². The Morgan fingerprint density at radius 1 is 1.47 bits per heavy atom. The molecule has 80 valence electrons. The molecule has 0 aliphatic heterocycles. The van der Waals surface area contributed by atoms with Crippen LogP contribution in [0.4, 0.5) is 0 Å².